The van der Waals surface area contributed by atoms with Gasteiger partial charge in [-0.05, 0) is 19.4 Å². The molecule has 2 N–H and O–H groups in total. The van der Waals surface area contributed by atoms with Gasteiger partial charge in [0, 0.05) is 25.3 Å². The molecule has 2 rings (SSSR count). The van der Waals surface area contributed by atoms with Gasteiger partial charge in [-0.25, -0.2) is 0 Å². The van der Waals surface area contributed by atoms with Crippen LogP contribution in [0.4, 0.5) is 0 Å². The zero-order valence-corrected chi connectivity index (χ0v) is 12.7. The molecule has 1 fully saturated rings. The largest absolute Gasteiger partial charge is 0.480 e. The third kappa shape index (κ3) is 4.05. The standard InChI is InChI=1S/C14H21N3O5/c1-3-17(7-13(18)19)10-4-9(5-10)15-14(20)12-6-11(8-21-2)22-16-12/h6,9-10H,3-5,7-8H2,1-2H3,(H,15,20)(H,18,19). The number of hydrogen-bond donors (Lipinski definition) is 2. The lowest BCUT2D eigenvalue weighted by atomic mass is 9.85. The minimum Gasteiger partial charge on any atom is -0.480 e. The van der Waals surface area contributed by atoms with Crippen LogP contribution in [0.1, 0.15) is 36.0 Å². The molecule has 122 valence electrons. The van der Waals surface area contributed by atoms with Crippen LogP contribution in [0.3, 0.4) is 0 Å². The first-order valence-corrected chi connectivity index (χ1v) is 7.24. The number of amides is 1. The molecule has 0 aliphatic heterocycles. The topological polar surface area (TPSA) is 105 Å². The summed E-state index contributed by atoms with van der Waals surface area (Å²) in [5.41, 5.74) is 0.230. The molecule has 0 saturated heterocycles. The Morgan fingerprint density at radius 2 is 2.27 bits per heavy atom. The van der Waals surface area contributed by atoms with E-state index >= 15 is 0 Å². The predicted octanol–water partition coefficient (Wildman–Crippen LogP) is 0.488. The zero-order valence-electron chi connectivity index (χ0n) is 12.7. The molecule has 22 heavy (non-hydrogen) atoms. The molecule has 1 saturated carbocycles. The van der Waals surface area contributed by atoms with Crippen LogP contribution in [0.25, 0.3) is 0 Å². The Kier molecular flexibility index (Phi) is 5.51. The summed E-state index contributed by atoms with van der Waals surface area (Å²) in [4.78, 5) is 24.7. The van der Waals surface area contributed by atoms with E-state index in [0.717, 1.165) is 12.8 Å². The van der Waals surface area contributed by atoms with Gasteiger partial charge in [0.05, 0.1) is 6.54 Å². The fourth-order valence-electron chi connectivity index (χ4n) is 2.57. The van der Waals surface area contributed by atoms with Gasteiger partial charge in [0.2, 0.25) is 0 Å². The summed E-state index contributed by atoms with van der Waals surface area (Å²) in [5, 5.41) is 15.4. The van der Waals surface area contributed by atoms with Crippen molar-refractivity contribution in [3.05, 3.63) is 17.5 Å². The first-order valence-electron chi connectivity index (χ1n) is 7.24. The number of carbonyl (C=O) groups excluding carboxylic acids is 1. The summed E-state index contributed by atoms with van der Waals surface area (Å²) in [7, 11) is 1.54. The van der Waals surface area contributed by atoms with Crippen molar-refractivity contribution in [3.63, 3.8) is 0 Å². The first-order chi connectivity index (χ1) is 10.5. The van der Waals surface area contributed by atoms with Crippen LogP contribution < -0.4 is 5.32 Å². The highest BCUT2D eigenvalue weighted by atomic mass is 16.5. The number of methoxy groups -OCH3 is 1. The number of ether oxygens (including phenoxy) is 1. The van der Waals surface area contributed by atoms with Gasteiger partial charge in [0.1, 0.15) is 6.61 Å². The lowest BCUT2D eigenvalue weighted by Gasteiger charge is -2.42. The molecule has 0 radical (unpaired) electrons. The minimum atomic E-state index is -0.831. The molecule has 1 heterocycles. The van der Waals surface area contributed by atoms with E-state index in [1.807, 2.05) is 11.8 Å². The number of nitrogens with zero attached hydrogens (tertiary/aromatic N) is 2. The maximum absolute atomic E-state index is 12.0. The monoisotopic (exact) mass is 311 g/mol. The Morgan fingerprint density at radius 1 is 1.55 bits per heavy atom. The van der Waals surface area contributed by atoms with Crippen molar-refractivity contribution in [1.82, 2.24) is 15.4 Å². The van der Waals surface area contributed by atoms with E-state index in [4.69, 9.17) is 14.4 Å². The lowest BCUT2D eigenvalue weighted by Crippen LogP contribution is -2.54. The Labute approximate surface area is 128 Å². The number of nitrogens with one attached hydrogen (secondary N) is 1. The molecule has 1 aromatic heterocycles. The van der Waals surface area contributed by atoms with Gasteiger partial charge in [0.15, 0.2) is 11.5 Å². The highest BCUT2D eigenvalue weighted by Gasteiger charge is 2.35. The highest BCUT2D eigenvalue weighted by Crippen LogP contribution is 2.25. The molecule has 0 atom stereocenters. The average molecular weight is 311 g/mol. The van der Waals surface area contributed by atoms with Crippen molar-refractivity contribution in [3.8, 4) is 0 Å². The van der Waals surface area contributed by atoms with Crippen LogP contribution in [-0.4, -0.2) is 59.3 Å². The van der Waals surface area contributed by atoms with Crippen LogP contribution in [0.5, 0.6) is 0 Å². The normalized spacial score (nSPS) is 20.7. The fraction of sp³-hybridized carbons (Fsp3) is 0.643. The Hall–Kier alpha value is -1.93. The lowest BCUT2D eigenvalue weighted by molar-refractivity contribution is -0.139. The smallest absolute Gasteiger partial charge is 0.317 e. The number of hydrogen-bond acceptors (Lipinski definition) is 6. The van der Waals surface area contributed by atoms with Gasteiger partial charge in [-0.15, -0.1) is 0 Å². The summed E-state index contributed by atoms with van der Waals surface area (Å²) in [6, 6.07) is 1.80. The van der Waals surface area contributed by atoms with Gasteiger partial charge in [-0.1, -0.05) is 12.1 Å². The SMILES string of the molecule is CCN(CC(=O)O)C1CC(NC(=O)c2cc(COC)on2)C1. The van der Waals surface area contributed by atoms with E-state index in [-0.39, 0.29) is 36.8 Å². The fourth-order valence-corrected chi connectivity index (χ4v) is 2.57. The van der Waals surface area contributed by atoms with Crippen LogP contribution in [0, 0.1) is 0 Å². The van der Waals surface area contributed by atoms with Gasteiger partial charge in [0.25, 0.3) is 5.91 Å². The molecule has 8 heteroatoms. The quantitative estimate of drug-likeness (QED) is 0.719. The van der Waals surface area contributed by atoms with E-state index in [2.05, 4.69) is 10.5 Å². The van der Waals surface area contributed by atoms with E-state index in [1.165, 1.54) is 7.11 Å². The number of carboxylic acid groups (broad SMARTS) is 1. The number of aliphatic carboxylic acids is 1. The van der Waals surface area contributed by atoms with Gasteiger partial charge < -0.3 is 19.7 Å². The summed E-state index contributed by atoms with van der Waals surface area (Å²) in [5.74, 6) is -0.615. The van der Waals surface area contributed by atoms with Crippen molar-refractivity contribution in [1.29, 1.82) is 0 Å². The number of carboxylic acids is 1. The molecule has 1 aliphatic carbocycles. The van der Waals surface area contributed by atoms with Crippen molar-refractivity contribution in [2.24, 2.45) is 0 Å². The van der Waals surface area contributed by atoms with Crippen molar-refractivity contribution < 1.29 is 24.0 Å². The molecule has 1 aliphatic rings. The third-order valence-corrected chi connectivity index (χ3v) is 3.79. The molecule has 0 aromatic carbocycles. The van der Waals surface area contributed by atoms with Gasteiger partial charge in [-0.3, -0.25) is 14.5 Å². The Bertz CT molecular complexity index is 524. The first kappa shape index (κ1) is 16.4. The summed E-state index contributed by atoms with van der Waals surface area (Å²) in [6.07, 6.45) is 1.49. The number of carbonyl (C=O) groups is 2. The second-order valence-corrected chi connectivity index (χ2v) is 5.36. The van der Waals surface area contributed by atoms with E-state index < -0.39 is 5.97 Å². The van der Waals surface area contributed by atoms with E-state index in [0.29, 0.717) is 12.3 Å². The molecule has 0 unspecified atom stereocenters. The molecule has 1 amide bonds. The summed E-state index contributed by atoms with van der Waals surface area (Å²) in [6.45, 7) is 2.92. The number of aromatic nitrogens is 1. The third-order valence-electron chi connectivity index (χ3n) is 3.79. The molecule has 1 aromatic rings. The Morgan fingerprint density at radius 3 is 2.86 bits per heavy atom. The summed E-state index contributed by atoms with van der Waals surface area (Å²) < 4.78 is 9.87. The second-order valence-electron chi connectivity index (χ2n) is 5.36. The van der Waals surface area contributed by atoms with E-state index in [9.17, 15) is 9.59 Å². The van der Waals surface area contributed by atoms with Crippen molar-refractivity contribution in [2.45, 2.75) is 38.5 Å². The maximum atomic E-state index is 12.0. The van der Waals surface area contributed by atoms with Crippen LogP contribution in [0.15, 0.2) is 10.6 Å². The second kappa shape index (κ2) is 7.37. The summed E-state index contributed by atoms with van der Waals surface area (Å²) >= 11 is 0. The van der Waals surface area contributed by atoms with Crippen LogP contribution in [-0.2, 0) is 16.1 Å². The van der Waals surface area contributed by atoms with E-state index in [1.54, 1.807) is 6.07 Å². The minimum absolute atomic E-state index is 0.0332. The number of rotatable bonds is 8. The molecule has 0 bridgehead atoms. The maximum Gasteiger partial charge on any atom is 0.317 e. The predicted molar refractivity (Wildman–Crippen MR) is 76.4 cm³/mol. The van der Waals surface area contributed by atoms with Crippen LogP contribution in [0.2, 0.25) is 0 Å². The van der Waals surface area contributed by atoms with Gasteiger partial charge >= 0.3 is 5.97 Å². The molecular weight excluding hydrogens is 290 g/mol. The number of likely N-dealkylation sites (N-methyl/N-ethyl adjacent to an activating group) is 1. The average Bonchev–Trinajstić information content (AvgIpc) is 2.89. The molecular formula is C14H21N3O5. The molecule has 0 spiro atoms. The molecule has 8 nitrogen and oxygen atoms in total. The van der Waals surface area contributed by atoms with Crippen molar-refractivity contribution >= 4 is 11.9 Å². The van der Waals surface area contributed by atoms with Gasteiger partial charge in [-0.2, -0.15) is 0 Å². The van der Waals surface area contributed by atoms with Crippen LogP contribution >= 0.6 is 0 Å². The van der Waals surface area contributed by atoms with Crippen molar-refractivity contribution in [2.75, 3.05) is 20.2 Å². The highest BCUT2D eigenvalue weighted by molar-refractivity contribution is 5.92. The Balaban J connectivity index is 1.78. The zero-order chi connectivity index (χ0) is 16.1.